The number of anilines is 2. The lowest BCUT2D eigenvalue weighted by Crippen LogP contribution is -2.31. The van der Waals surface area contributed by atoms with Crippen LogP contribution < -0.4 is 10.2 Å². The number of aromatic nitrogens is 2. The van der Waals surface area contributed by atoms with E-state index in [1.807, 2.05) is 22.4 Å². The minimum atomic E-state index is -0.279. The minimum absolute atomic E-state index is 0.0313. The fourth-order valence-electron chi connectivity index (χ4n) is 3.49. The highest BCUT2D eigenvalue weighted by atomic mass is 32.1. The first-order valence-electron chi connectivity index (χ1n) is 9.92. The number of carbonyl (C=O) groups excluding carboxylic acids is 2. The predicted octanol–water partition coefficient (Wildman–Crippen LogP) is 4.78. The van der Waals surface area contributed by atoms with E-state index < -0.39 is 0 Å². The summed E-state index contributed by atoms with van der Waals surface area (Å²) >= 11 is 1.38. The Morgan fingerprint density at radius 1 is 1.20 bits per heavy atom. The summed E-state index contributed by atoms with van der Waals surface area (Å²) in [5.41, 5.74) is 4.25. The largest absolute Gasteiger partial charge is 0.312 e. The summed E-state index contributed by atoms with van der Waals surface area (Å²) in [7, 11) is 0. The number of nitrogens with one attached hydrogen (secondary N) is 1. The quantitative estimate of drug-likeness (QED) is 0.659. The lowest BCUT2D eigenvalue weighted by atomic mass is 9.91. The van der Waals surface area contributed by atoms with Crippen molar-refractivity contribution in [2.75, 3.05) is 16.8 Å². The third-order valence-corrected chi connectivity index (χ3v) is 5.63. The molecule has 1 aliphatic rings. The molecule has 0 spiro atoms. The van der Waals surface area contributed by atoms with E-state index in [9.17, 15) is 9.59 Å². The molecule has 3 aromatic rings. The molecule has 6 nitrogen and oxygen atoms in total. The molecule has 2 aromatic heterocycles. The van der Waals surface area contributed by atoms with Crippen LogP contribution in [-0.2, 0) is 11.2 Å². The SMILES string of the molecule is CC(C)(C)CC(=O)N1CCc2cc(-c3csc(NC(=O)c4ccccn4)n3)ccc21. The maximum absolute atomic E-state index is 12.7. The summed E-state index contributed by atoms with van der Waals surface area (Å²) in [4.78, 5) is 35.4. The summed E-state index contributed by atoms with van der Waals surface area (Å²) in [6.45, 7) is 6.96. The van der Waals surface area contributed by atoms with Gasteiger partial charge in [-0.3, -0.25) is 19.9 Å². The molecule has 0 fully saturated rings. The van der Waals surface area contributed by atoms with E-state index in [1.54, 1.807) is 24.4 Å². The van der Waals surface area contributed by atoms with Gasteiger partial charge < -0.3 is 4.90 Å². The van der Waals surface area contributed by atoms with E-state index in [2.05, 4.69) is 42.1 Å². The van der Waals surface area contributed by atoms with Crippen LogP contribution in [-0.4, -0.2) is 28.3 Å². The summed E-state index contributed by atoms with van der Waals surface area (Å²) in [5.74, 6) is -0.111. The van der Waals surface area contributed by atoms with Crippen LogP contribution in [0.15, 0.2) is 48.0 Å². The Bertz CT molecular complexity index is 1090. The average molecular weight is 421 g/mol. The molecule has 0 atom stereocenters. The second-order valence-corrected chi connectivity index (χ2v) is 9.44. The van der Waals surface area contributed by atoms with Gasteiger partial charge in [-0.2, -0.15) is 0 Å². The first-order valence-corrected chi connectivity index (χ1v) is 10.8. The van der Waals surface area contributed by atoms with Crippen LogP contribution >= 0.6 is 11.3 Å². The number of rotatable bonds is 4. The number of hydrogen-bond acceptors (Lipinski definition) is 5. The van der Waals surface area contributed by atoms with Gasteiger partial charge in [0.1, 0.15) is 5.69 Å². The number of benzene rings is 1. The molecule has 7 heteroatoms. The Balaban J connectivity index is 1.49. The molecular formula is C23H24N4O2S. The number of hydrogen-bond donors (Lipinski definition) is 1. The second kappa shape index (κ2) is 7.99. The van der Waals surface area contributed by atoms with E-state index >= 15 is 0 Å². The van der Waals surface area contributed by atoms with E-state index in [0.29, 0.717) is 17.2 Å². The van der Waals surface area contributed by atoms with Crippen LogP contribution in [0.3, 0.4) is 0 Å². The van der Waals surface area contributed by atoms with Gasteiger partial charge in [0.15, 0.2) is 5.13 Å². The number of fused-ring (bicyclic) bond motifs is 1. The minimum Gasteiger partial charge on any atom is -0.312 e. The molecule has 0 bridgehead atoms. The highest BCUT2D eigenvalue weighted by Gasteiger charge is 2.28. The van der Waals surface area contributed by atoms with Crippen LogP contribution in [0, 0.1) is 5.41 Å². The first kappa shape index (κ1) is 20.2. The molecule has 30 heavy (non-hydrogen) atoms. The molecule has 2 amide bonds. The van der Waals surface area contributed by atoms with Gasteiger partial charge in [-0.1, -0.05) is 32.9 Å². The summed E-state index contributed by atoms with van der Waals surface area (Å²) in [6, 6.07) is 11.3. The highest BCUT2D eigenvalue weighted by molar-refractivity contribution is 7.14. The highest BCUT2D eigenvalue weighted by Crippen LogP contribution is 2.35. The van der Waals surface area contributed by atoms with Crippen molar-refractivity contribution in [2.24, 2.45) is 5.41 Å². The third kappa shape index (κ3) is 4.41. The van der Waals surface area contributed by atoms with E-state index in [4.69, 9.17) is 0 Å². The van der Waals surface area contributed by atoms with Gasteiger partial charge >= 0.3 is 0 Å². The summed E-state index contributed by atoms with van der Waals surface area (Å²) in [5, 5.41) is 5.25. The van der Waals surface area contributed by atoms with Gasteiger partial charge in [-0.25, -0.2) is 4.98 Å². The topological polar surface area (TPSA) is 75.2 Å². The predicted molar refractivity (Wildman–Crippen MR) is 120 cm³/mol. The smallest absolute Gasteiger partial charge is 0.276 e. The second-order valence-electron chi connectivity index (χ2n) is 8.58. The lowest BCUT2D eigenvalue weighted by Gasteiger charge is -2.23. The van der Waals surface area contributed by atoms with Crippen LogP contribution in [0.1, 0.15) is 43.2 Å². The molecule has 3 heterocycles. The van der Waals surface area contributed by atoms with Crippen molar-refractivity contribution in [1.82, 2.24) is 9.97 Å². The van der Waals surface area contributed by atoms with Gasteiger partial charge in [-0.15, -0.1) is 11.3 Å². The third-order valence-electron chi connectivity index (χ3n) is 4.88. The van der Waals surface area contributed by atoms with Gasteiger partial charge in [0.25, 0.3) is 5.91 Å². The Morgan fingerprint density at radius 3 is 2.77 bits per heavy atom. The molecule has 0 unspecified atom stereocenters. The average Bonchev–Trinajstić information content (AvgIpc) is 3.33. The molecule has 4 rings (SSSR count). The lowest BCUT2D eigenvalue weighted by molar-refractivity contribution is -0.120. The van der Waals surface area contributed by atoms with E-state index in [-0.39, 0.29) is 17.2 Å². The van der Waals surface area contributed by atoms with Crippen LogP contribution in [0.25, 0.3) is 11.3 Å². The van der Waals surface area contributed by atoms with Gasteiger partial charge in [0.05, 0.1) is 5.69 Å². The zero-order valence-corrected chi connectivity index (χ0v) is 18.1. The molecular weight excluding hydrogens is 396 g/mol. The van der Waals surface area contributed by atoms with Crippen molar-refractivity contribution in [3.05, 3.63) is 59.2 Å². The molecule has 1 aliphatic heterocycles. The van der Waals surface area contributed by atoms with Crippen molar-refractivity contribution in [3.63, 3.8) is 0 Å². The fraction of sp³-hybridized carbons (Fsp3) is 0.304. The van der Waals surface area contributed by atoms with Crippen LogP contribution in [0.4, 0.5) is 10.8 Å². The van der Waals surface area contributed by atoms with Gasteiger partial charge in [0.2, 0.25) is 5.91 Å². The first-order chi connectivity index (χ1) is 14.3. The van der Waals surface area contributed by atoms with Gasteiger partial charge in [-0.05, 0) is 41.7 Å². The number of carbonyl (C=O) groups is 2. The number of pyridine rings is 1. The molecule has 0 saturated heterocycles. The number of thiazole rings is 1. The Hall–Kier alpha value is -3.06. The molecule has 0 radical (unpaired) electrons. The van der Waals surface area contributed by atoms with Crippen molar-refractivity contribution in [3.8, 4) is 11.3 Å². The fourth-order valence-corrected chi connectivity index (χ4v) is 4.21. The van der Waals surface area contributed by atoms with Crippen LogP contribution in [0.5, 0.6) is 0 Å². The van der Waals surface area contributed by atoms with Gasteiger partial charge in [0, 0.05) is 35.8 Å². The molecule has 0 aliphatic carbocycles. The van der Waals surface area contributed by atoms with E-state index in [1.165, 1.54) is 11.3 Å². The molecule has 1 N–H and O–H groups in total. The maximum Gasteiger partial charge on any atom is 0.276 e. The number of amides is 2. The molecule has 0 saturated carbocycles. The van der Waals surface area contributed by atoms with Crippen molar-refractivity contribution in [1.29, 1.82) is 0 Å². The van der Waals surface area contributed by atoms with Crippen molar-refractivity contribution in [2.45, 2.75) is 33.6 Å². The van der Waals surface area contributed by atoms with Crippen molar-refractivity contribution < 1.29 is 9.59 Å². The summed E-state index contributed by atoms with van der Waals surface area (Å²) in [6.07, 6.45) is 2.95. The molecule has 154 valence electrons. The Labute approximate surface area is 180 Å². The monoisotopic (exact) mass is 420 g/mol. The van der Waals surface area contributed by atoms with Crippen molar-refractivity contribution >= 4 is 34.0 Å². The number of nitrogens with zero attached hydrogens (tertiary/aromatic N) is 3. The maximum atomic E-state index is 12.7. The van der Waals surface area contributed by atoms with Crippen LogP contribution in [0.2, 0.25) is 0 Å². The zero-order valence-electron chi connectivity index (χ0n) is 17.3. The standard InChI is InChI=1S/C23H24N4O2S/c1-23(2,3)13-20(28)27-11-9-16-12-15(7-8-19(16)27)18-14-30-22(25-18)26-21(29)17-6-4-5-10-24-17/h4-8,10,12,14H,9,11,13H2,1-3H3,(H,25,26,29). The molecule has 1 aromatic carbocycles. The zero-order chi connectivity index (χ0) is 21.3. The summed E-state index contributed by atoms with van der Waals surface area (Å²) < 4.78 is 0. The normalized spacial score (nSPS) is 13.2. The van der Waals surface area contributed by atoms with E-state index in [0.717, 1.165) is 35.5 Å². The Morgan fingerprint density at radius 2 is 2.03 bits per heavy atom. The Kier molecular flexibility index (Phi) is 5.39.